The molecule has 1 N–H and O–H groups in total. The summed E-state index contributed by atoms with van der Waals surface area (Å²) in [6.45, 7) is 13.4. The molecule has 2 aromatic carbocycles. The van der Waals surface area contributed by atoms with E-state index in [0.717, 1.165) is 30.6 Å². The summed E-state index contributed by atoms with van der Waals surface area (Å²) in [4.78, 5) is 0. The second kappa shape index (κ2) is 8.06. The van der Waals surface area contributed by atoms with E-state index in [-0.39, 0.29) is 12.7 Å². The molecule has 0 radical (unpaired) electrons. The average Bonchev–Trinajstić information content (AvgIpc) is 2.98. The van der Waals surface area contributed by atoms with Gasteiger partial charge in [-0.3, -0.25) is 0 Å². The van der Waals surface area contributed by atoms with Crippen molar-refractivity contribution in [3.05, 3.63) is 52.1 Å². The van der Waals surface area contributed by atoms with E-state index < -0.39 is 0 Å². The van der Waals surface area contributed by atoms with Crippen molar-refractivity contribution in [1.82, 2.24) is 0 Å². The largest absolute Gasteiger partial charge is 0.489 e. The summed E-state index contributed by atoms with van der Waals surface area (Å²) in [6, 6.07) is 6.89. The van der Waals surface area contributed by atoms with Gasteiger partial charge in [0.2, 0.25) is 0 Å². The van der Waals surface area contributed by atoms with Crippen molar-refractivity contribution in [3.8, 4) is 5.75 Å². The summed E-state index contributed by atoms with van der Waals surface area (Å²) in [5.74, 6) is 2.05. The number of aryl methyl sites for hydroxylation is 2. The minimum atomic E-state index is 0.144. The van der Waals surface area contributed by atoms with Crippen LogP contribution in [0.3, 0.4) is 0 Å². The number of fused-ring (bicyclic) bond motifs is 3. The summed E-state index contributed by atoms with van der Waals surface area (Å²) in [7, 11) is 0. The fourth-order valence-electron chi connectivity index (χ4n) is 4.51. The molecular formula is C25H34O2. The fraction of sp³-hybridized carbons (Fsp3) is 0.520. The van der Waals surface area contributed by atoms with Gasteiger partial charge in [-0.1, -0.05) is 44.6 Å². The molecule has 2 nitrogen and oxygen atoms in total. The molecule has 0 spiro atoms. The maximum absolute atomic E-state index is 9.28. The first-order valence-electron chi connectivity index (χ1n) is 10.4. The second-order valence-electron chi connectivity index (χ2n) is 8.41. The fourth-order valence-corrected chi connectivity index (χ4v) is 4.51. The van der Waals surface area contributed by atoms with Crippen molar-refractivity contribution < 1.29 is 9.84 Å². The molecule has 2 atom stereocenters. The molecule has 3 rings (SSSR count). The lowest BCUT2D eigenvalue weighted by Crippen LogP contribution is -2.13. The third kappa shape index (κ3) is 3.65. The third-order valence-electron chi connectivity index (χ3n) is 6.11. The Kier molecular flexibility index (Phi) is 5.95. The van der Waals surface area contributed by atoms with Crippen LogP contribution >= 0.6 is 0 Å². The molecule has 0 unspecified atom stereocenters. The van der Waals surface area contributed by atoms with Crippen molar-refractivity contribution in [2.45, 2.75) is 78.7 Å². The maximum Gasteiger partial charge on any atom is 0.127 e. The third-order valence-corrected chi connectivity index (χ3v) is 6.11. The lowest BCUT2D eigenvalue weighted by molar-refractivity contribution is 0.222. The van der Waals surface area contributed by atoms with Gasteiger partial charge in [-0.15, -0.1) is 0 Å². The predicted octanol–water partition coefficient (Wildman–Crippen LogP) is 6.42. The van der Waals surface area contributed by atoms with Crippen LogP contribution < -0.4 is 4.74 Å². The average molecular weight is 367 g/mol. The Morgan fingerprint density at radius 1 is 1.30 bits per heavy atom. The molecule has 0 saturated carbocycles. The molecule has 2 aromatic rings. The van der Waals surface area contributed by atoms with Crippen LogP contribution in [-0.4, -0.2) is 17.8 Å². The minimum absolute atomic E-state index is 0.144. The van der Waals surface area contributed by atoms with Crippen LogP contribution in [0.4, 0.5) is 0 Å². The molecular weight excluding hydrogens is 332 g/mol. The number of hydrogen-bond donors (Lipinski definition) is 1. The molecule has 0 aliphatic carbocycles. The van der Waals surface area contributed by atoms with Gasteiger partial charge >= 0.3 is 0 Å². The van der Waals surface area contributed by atoms with Gasteiger partial charge in [0.15, 0.2) is 0 Å². The minimum Gasteiger partial charge on any atom is -0.489 e. The quantitative estimate of drug-likeness (QED) is 0.598. The number of benzene rings is 2. The predicted molar refractivity (Wildman–Crippen MR) is 115 cm³/mol. The van der Waals surface area contributed by atoms with Crippen LogP contribution in [0.2, 0.25) is 0 Å². The van der Waals surface area contributed by atoms with E-state index in [1.165, 1.54) is 33.0 Å². The first-order valence-corrected chi connectivity index (χ1v) is 10.4. The zero-order valence-electron chi connectivity index (χ0n) is 17.7. The van der Waals surface area contributed by atoms with E-state index in [1.54, 1.807) is 0 Å². The van der Waals surface area contributed by atoms with E-state index in [9.17, 15) is 5.11 Å². The van der Waals surface area contributed by atoms with E-state index >= 15 is 0 Å². The summed E-state index contributed by atoms with van der Waals surface area (Å²) in [5, 5.41) is 12.0. The highest BCUT2D eigenvalue weighted by Gasteiger charge is 2.35. The zero-order valence-corrected chi connectivity index (χ0v) is 17.7. The van der Waals surface area contributed by atoms with Gasteiger partial charge in [0, 0.05) is 11.5 Å². The Balaban J connectivity index is 2.22. The second-order valence-corrected chi connectivity index (χ2v) is 8.41. The monoisotopic (exact) mass is 366 g/mol. The van der Waals surface area contributed by atoms with Crippen LogP contribution in [0, 0.1) is 6.92 Å². The number of hydrogen-bond acceptors (Lipinski definition) is 2. The van der Waals surface area contributed by atoms with Gasteiger partial charge < -0.3 is 9.84 Å². The topological polar surface area (TPSA) is 29.5 Å². The summed E-state index contributed by atoms with van der Waals surface area (Å²) in [5.41, 5.74) is 6.62. The number of aliphatic hydroxyl groups is 1. The van der Waals surface area contributed by atoms with Crippen LogP contribution in [-0.2, 0) is 6.42 Å². The molecule has 1 aliphatic heterocycles. The lowest BCUT2D eigenvalue weighted by Gasteiger charge is -2.19. The van der Waals surface area contributed by atoms with Crippen LogP contribution in [0.5, 0.6) is 5.75 Å². The Morgan fingerprint density at radius 3 is 2.67 bits per heavy atom. The maximum atomic E-state index is 9.28. The molecule has 0 amide bonds. The van der Waals surface area contributed by atoms with E-state index in [4.69, 9.17) is 4.74 Å². The van der Waals surface area contributed by atoms with Gasteiger partial charge in [-0.25, -0.2) is 0 Å². The van der Waals surface area contributed by atoms with Crippen molar-refractivity contribution >= 4 is 10.8 Å². The Labute approximate surface area is 164 Å². The van der Waals surface area contributed by atoms with E-state index in [1.807, 2.05) is 6.92 Å². The van der Waals surface area contributed by atoms with Crippen molar-refractivity contribution in [3.63, 3.8) is 0 Å². The molecule has 27 heavy (non-hydrogen) atoms. The van der Waals surface area contributed by atoms with Gasteiger partial charge in [0.1, 0.15) is 11.9 Å². The molecule has 146 valence electrons. The first kappa shape index (κ1) is 19.9. The molecule has 0 bridgehead atoms. The number of rotatable bonds is 6. The van der Waals surface area contributed by atoms with Gasteiger partial charge in [-0.05, 0) is 79.5 Å². The zero-order chi connectivity index (χ0) is 19.7. The van der Waals surface area contributed by atoms with Crippen molar-refractivity contribution in [1.29, 1.82) is 0 Å². The molecule has 0 fully saturated rings. The number of aliphatic hydroxyl groups excluding tert-OH is 1. The number of allylic oxidation sites excluding steroid dienone is 1. The van der Waals surface area contributed by atoms with Crippen LogP contribution in [0.1, 0.15) is 81.5 Å². The molecule has 2 heteroatoms. The molecule has 1 aliphatic rings. The Morgan fingerprint density at radius 2 is 2.04 bits per heavy atom. The van der Waals surface area contributed by atoms with Gasteiger partial charge in [0.05, 0.1) is 6.61 Å². The highest BCUT2D eigenvalue weighted by molar-refractivity contribution is 5.94. The SMILES string of the molecule is CC[C@@H]1c2c(c(C(C)C)cc3ccc(C)c(CC/C=C(\C)CO)c23)O[C@@H]1C. The number of ether oxygens (including phenoxy) is 1. The van der Waals surface area contributed by atoms with Crippen LogP contribution in [0.25, 0.3) is 10.8 Å². The normalized spacial score (nSPS) is 19.6. The summed E-state index contributed by atoms with van der Waals surface area (Å²) < 4.78 is 6.42. The standard InChI is InChI=1S/C25H34O2/c1-7-20-18(6)27-25-22(15(2)3)13-19-12-11-17(5)21(23(19)24(20)25)10-8-9-16(4)14-26/h9,11-13,15,18,20,26H,7-8,10,14H2,1-6H3/b16-9+/t18-,20+/m1/s1. The lowest BCUT2D eigenvalue weighted by atomic mass is 9.83. The Hall–Kier alpha value is -1.80. The molecule has 0 saturated heterocycles. The highest BCUT2D eigenvalue weighted by atomic mass is 16.5. The Bertz CT molecular complexity index is 860. The summed E-state index contributed by atoms with van der Waals surface area (Å²) >= 11 is 0. The van der Waals surface area contributed by atoms with E-state index in [0.29, 0.717) is 11.8 Å². The van der Waals surface area contributed by atoms with Gasteiger partial charge in [-0.2, -0.15) is 0 Å². The summed E-state index contributed by atoms with van der Waals surface area (Å²) in [6.07, 6.45) is 5.45. The first-order chi connectivity index (χ1) is 12.9. The molecule has 1 heterocycles. The van der Waals surface area contributed by atoms with Crippen LogP contribution in [0.15, 0.2) is 29.8 Å². The highest BCUT2D eigenvalue weighted by Crippen LogP contribution is 2.49. The molecule has 0 aromatic heterocycles. The smallest absolute Gasteiger partial charge is 0.127 e. The van der Waals surface area contributed by atoms with E-state index in [2.05, 4.69) is 58.9 Å². The van der Waals surface area contributed by atoms with Crippen molar-refractivity contribution in [2.24, 2.45) is 0 Å². The van der Waals surface area contributed by atoms with Gasteiger partial charge in [0.25, 0.3) is 0 Å². The van der Waals surface area contributed by atoms with Crippen molar-refractivity contribution in [2.75, 3.05) is 6.61 Å².